The predicted molar refractivity (Wildman–Crippen MR) is 102 cm³/mol. The third-order valence-corrected chi connectivity index (χ3v) is 6.36. The minimum absolute atomic E-state index is 0.0773. The Kier molecular flexibility index (Phi) is 3.62. The number of nitrogens with two attached hydrogens (primary N) is 1. The molecule has 0 aliphatic rings. The molecule has 3 aromatic heterocycles. The van der Waals surface area contributed by atoms with Crippen LogP contribution in [0.1, 0.15) is 5.56 Å². The van der Waals surface area contributed by atoms with Crippen LogP contribution in [0.25, 0.3) is 21.1 Å². The second-order valence-electron chi connectivity index (χ2n) is 5.66. The number of hydrogen-bond acceptors (Lipinski definition) is 5. The van der Waals surface area contributed by atoms with E-state index in [9.17, 15) is 4.79 Å². The normalized spacial score (nSPS) is 11.6. The molecule has 0 amide bonds. The van der Waals surface area contributed by atoms with Crippen LogP contribution in [0.3, 0.4) is 0 Å². The number of nitrogens with zero attached hydrogens (tertiary/aromatic N) is 3. The molecule has 7 heteroatoms. The molecular formula is C17H16N4OS2. The predicted octanol–water partition coefficient (Wildman–Crippen LogP) is 3.30. The van der Waals surface area contributed by atoms with Crippen LogP contribution in [0.2, 0.25) is 0 Å². The molecule has 122 valence electrons. The third-order valence-electron chi connectivity index (χ3n) is 4.13. The molecule has 0 unspecified atom stereocenters. The van der Waals surface area contributed by atoms with E-state index in [0.29, 0.717) is 17.7 Å². The van der Waals surface area contributed by atoms with Gasteiger partial charge < -0.3 is 10.3 Å². The highest BCUT2D eigenvalue weighted by Gasteiger charge is 2.16. The van der Waals surface area contributed by atoms with Crippen LogP contribution in [-0.4, -0.2) is 20.6 Å². The smallest absolute Gasteiger partial charge is 0.291 e. The van der Waals surface area contributed by atoms with Crippen LogP contribution >= 0.6 is 23.1 Å². The highest BCUT2D eigenvalue weighted by Crippen LogP contribution is 2.36. The lowest BCUT2D eigenvalue weighted by atomic mass is 10.2. The Balaban J connectivity index is 1.89. The molecule has 4 rings (SSSR count). The molecule has 0 aliphatic carbocycles. The summed E-state index contributed by atoms with van der Waals surface area (Å²) in [4.78, 5) is 12.9. The quantitative estimate of drug-likeness (QED) is 0.452. The molecule has 0 saturated carbocycles. The molecule has 2 N–H and O–H groups in total. The van der Waals surface area contributed by atoms with Crippen LogP contribution in [-0.2, 0) is 13.6 Å². The number of hydrogen-bond donors (Lipinski definition) is 1. The molecule has 0 bridgehead atoms. The van der Waals surface area contributed by atoms with E-state index in [2.05, 4.69) is 17.4 Å². The molecule has 5 nitrogen and oxygen atoms in total. The minimum Gasteiger partial charge on any atom is -0.399 e. The standard InChI is InChI=1S/C17H16N4OS2/c1-20-13-7-14(23-2)24-16(13)12-8-19-21(17(22)15(12)20)9-10-4-3-5-11(18)6-10/h3-8H,9,18H2,1-2H3. The summed E-state index contributed by atoms with van der Waals surface area (Å²) in [6.45, 7) is 0.411. The topological polar surface area (TPSA) is 65.8 Å². The van der Waals surface area contributed by atoms with Gasteiger partial charge in [0.25, 0.3) is 5.56 Å². The number of benzene rings is 1. The van der Waals surface area contributed by atoms with Crippen molar-refractivity contribution in [2.45, 2.75) is 10.8 Å². The number of aromatic nitrogens is 3. The van der Waals surface area contributed by atoms with Crippen LogP contribution in [0.5, 0.6) is 0 Å². The maximum Gasteiger partial charge on any atom is 0.291 e. The van der Waals surface area contributed by atoms with Gasteiger partial charge in [0.05, 0.1) is 27.2 Å². The van der Waals surface area contributed by atoms with Crippen molar-refractivity contribution in [3.8, 4) is 0 Å². The zero-order chi connectivity index (χ0) is 16.8. The molecule has 4 aromatic rings. The second kappa shape index (κ2) is 5.68. The zero-order valence-electron chi connectivity index (χ0n) is 13.3. The van der Waals surface area contributed by atoms with E-state index in [0.717, 1.165) is 21.2 Å². The monoisotopic (exact) mass is 356 g/mol. The summed E-state index contributed by atoms with van der Waals surface area (Å²) in [7, 11) is 1.94. The first-order chi connectivity index (χ1) is 11.6. The Morgan fingerprint density at radius 3 is 2.92 bits per heavy atom. The van der Waals surface area contributed by atoms with Crippen molar-refractivity contribution in [2.75, 3.05) is 12.0 Å². The Bertz CT molecular complexity index is 1120. The van der Waals surface area contributed by atoms with Crippen molar-refractivity contribution in [3.05, 3.63) is 52.4 Å². The second-order valence-corrected chi connectivity index (χ2v) is 7.82. The fourth-order valence-corrected chi connectivity index (χ4v) is 4.71. The molecular weight excluding hydrogens is 340 g/mol. The maximum atomic E-state index is 12.9. The van der Waals surface area contributed by atoms with Gasteiger partial charge in [-0.25, -0.2) is 4.68 Å². The fraction of sp³-hybridized carbons (Fsp3) is 0.176. The number of anilines is 1. The van der Waals surface area contributed by atoms with Crippen molar-refractivity contribution in [1.82, 2.24) is 14.3 Å². The van der Waals surface area contributed by atoms with Crippen molar-refractivity contribution >= 4 is 49.9 Å². The number of rotatable bonds is 3. The largest absolute Gasteiger partial charge is 0.399 e. The summed E-state index contributed by atoms with van der Waals surface area (Å²) >= 11 is 3.42. The third kappa shape index (κ3) is 2.32. The van der Waals surface area contributed by atoms with E-state index in [4.69, 9.17) is 5.73 Å². The zero-order valence-corrected chi connectivity index (χ0v) is 14.9. The van der Waals surface area contributed by atoms with Crippen molar-refractivity contribution in [2.24, 2.45) is 7.05 Å². The number of fused-ring (bicyclic) bond motifs is 3. The van der Waals surface area contributed by atoms with Crippen LogP contribution in [0, 0.1) is 0 Å². The molecule has 0 spiro atoms. The molecule has 0 saturated heterocycles. The van der Waals surface area contributed by atoms with Gasteiger partial charge in [-0.3, -0.25) is 4.79 Å². The molecule has 0 fully saturated rings. The van der Waals surface area contributed by atoms with Gasteiger partial charge in [-0.1, -0.05) is 12.1 Å². The lowest BCUT2D eigenvalue weighted by molar-refractivity contribution is 0.644. The SMILES string of the molecule is CSc1cc2c(s1)c1cnn(Cc3cccc(N)c3)c(=O)c1n2C. The summed E-state index contributed by atoms with van der Waals surface area (Å²) in [6, 6.07) is 9.66. The van der Waals surface area contributed by atoms with Gasteiger partial charge in [0.2, 0.25) is 0 Å². The lowest BCUT2D eigenvalue weighted by Crippen LogP contribution is -2.24. The molecule has 0 atom stereocenters. The van der Waals surface area contributed by atoms with E-state index in [1.807, 2.05) is 35.9 Å². The highest BCUT2D eigenvalue weighted by molar-refractivity contribution is 8.00. The molecule has 0 radical (unpaired) electrons. The highest BCUT2D eigenvalue weighted by atomic mass is 32.2. The van der Waals surface area contributed by atoms with Crippen LogP contribution < -0.4 is 11.3 Å². The number of nitrogen functional groups attached to an aromatic ring is 1. The van der Waals surface area contributed by atoms with Gasteiger partial charge in [-0.05, 0) is 30.0 Å². The Labute approximate surface area is 146 Å². The summed E-state index contributed by atoms with van der Waals surface area (Å²) in [6.07, 6.45) is 3.86. The molecule has 0 aliphatic heterocycles. The lowest BCUT2D eigenvalue weighted by Gasteiger charge is -2.06. The van der Waals surface area contributed by atoms with Gasteiger partial charge in [-0.15, -0.1) is 23.1 Å². The summed E-state index contributed by atoms with van der Waals surface area (Å²) in [5.41, 5.74) is 9.17. The van der Waals surface area contributed by atoms with Gasteiger partial charge in [-0.2, -0.15) is 5.10 Å². The fourth-order valence-electron chi connectivity index (χ4n) is 2.97. The van der Waals surface area contributed by atoms with Crippen molar-refractivity contribution < 1.29 is 0 Å². The molecule has 1 aromatic carbocycles. The first-order valence-corrected chi connectivity index (χ1v) is 9.49. The van der Waals surface area contributed by atoms with Gasteiger partial charge in [0, 0.05) is 18.1 Å². The van der Waals surface area contributed by atoms with E-state index in [1.54, 1.807) is 29.3 Å². The van der Waals surface area contributed by atoms with E-state index in [-0.39, 0.29) is 5.56 Å². The molecule has 24 heavy (non-hydrogen) atoms. The van der Waals surface area contributed by atoms with E-state index < -0.39 is 0 Å². The Morgan fingerprint density at radius 2 is 2.17 bits per heavy atom. The van der Waals surface area contributed by atoms with Crippen LogP contribution in [0.4, 0.5) is 5.69 Å². The minimum atomic E-state index is -0.0773. The first kappa shape index (κ1) is 15.3. The Morgan fingerprint density at radius 1 is 1.33 bits per heavy atom. The van der Waals surface area contributed by atoms with Gasteiger partial charge in [0.1, 0.15) is 5.52 Å². The number of thiophene rings is 1. The summed E-state index contributed by atoms with van der Waals surface area (Å²) < 4.78 is 5.83. The summed E-state index contributed by atoms with van der Waals surface area (Å²) in [5.74, 6) is 0. The van der Waals surface area contributed by atoms with E-state index >= 15 is 0 Å². The van der Waals surface area contributed by atoms with Gasteiger partial charge in [0.15, 0.2) is 0 Å². The van der Waals surface area contributed by atoms with Gasteiger partial charge >= 0.3 is 0 Å². The maximum absolute atomic E-state index is 12.9. The number of aryl methyl sites for hydroxylation is 1. The summed E-state index contributed by atoms with van der Waals surface area (Å²) in [5, 5.41) is 5.30. The average molecular weight is 356 g/mol. The van der Waals surface area contributed by atoms with E-state index in [1.165, 1.54) is 8.89 Å². The van der Waals surface area contributed by atoms with Crippen molar-refractivity contribution in [1.29, 1.82) is 0 Å². The molecule has 3 heterocycles. The van der Waals surface area contributed by atoms with Crippen LogP contribution in [0.15, 0.2) is 45.5 Å². The number of thioether (sulfide) groups is 1. The Hall–Kier alpha value is -2.25. The van der Waals surface area contributed by atoms with Crippen molar-refractivity contribution in [3.63, 3.8) is 0 Å². The average Bonchev–Trinajstić information content (AvgIpc) is 3.10. The first-order valence-electron chi connectivity index (χ1n) is 7.45.